The summed E-state index contributed by atoms with van der Waals surface area (Å²) in [5.41, 5.74) is 6.55. The summed E-state index contributed by atoms with van der Waals surface area (Å²) in [7, 11) is 0. The van der Waals surface area contributed by atoms with Gasteiger partial charge in [-0.1, -0.05) is 39.3 Å². The number of hydrogen-bond donors (Lipinski definition) is 1. The highest BCUT2D eigenvalue weighted by Gasteiger charge is 2.25. The molecule has 0 radical (unpaired) electrons. The summed E-state index contributed by atoms with van der Waals surface area (Å²) in [6, 6.07) is 1.82. The van der Waals surface area contributed by atoms with E-state index in [9.17, 15) is 4.79 Å². The Labute approximate surface area is 126 Å². The van der Waals surface area contributed by atoms with E-state index in [0.29, 0.717) is 23.7 Å². The van der Waals surface area contributed by atoms with E-state index in [-0.39, 0.29) is 17.1 Å². The molecule has 0 bridgehead atoms. The number of anilines is 1. The van der Waals surface area contributed by atoms with Crippen LogP contribution >= 0.6 is 11.6 Å². The van der Waals surface area contributed by atoms with Crippen LogP contribution in [0.1, 0.15) is 50.9 Å². The molecule has 0 aliphatic carbocycles. The second kappa shape index (κ2) is 7.48. The van der Waals surface area contributed by atoms with Crippen molar-refractivity contribution in [3.05, 3.63) is 23.0 Å². The van der Waals surface area contributed by atoms with Gasteiger partial charge < -0.3 is 10.6 Å². The molecule has 112 valence electrons. The van der Waals surface area contributed by atoms with E-state index in [1.807, 2.05) is 4.90 Å². The van der Waals surface area contributed by atoms with Gasteiger partial charge in [-0.2, -0.15) is 0 Å². The van der Waals surface area contributed by atoms with Crippen molar-refractivity contribution in [2.24, 2.45) is 5.92 Å². The standard InChI is InChI=1S/C15H24ClN3O/c1-5-12(6-2)19(9-10(3)4)15(20)13-7-11(17)8-18-14(13)16/h7-8,10,12H,5-6,9,17H2,1-4H3. The van der Waals surface area contributed by atoms with Gasteiger partial charge in [0.05, 0.1) is 17.4 Å². The van der Waals surface area contributed by atoms with Crippen molar-refractivity contribution in [1.29, 1.82) is 0 Å². The second-order valence-corrected chi connectivity index (χ2v) is 5.79. The number of carbonyl (C=O) groups excluding carboxylic acids is 1. The number of aromatic nitrogens is 1. The Balaban J connectivity index is 3.12. The first-order valence-electron chi connectivity index (χ1n) is 7.12. The smallest absolute Gasteiger partial charge is 0.257 e. The first-order valence-corrected chi connectivity index (χ1v) is 7.50. The summed E-state index contributed by atoms with van der Waals surface area (Å²) in [5.74, 6) is 0.310. The molecule has 0 aliphatic heterocycles. The fourth-order valence-electron chi connectivity index (χ4n) is 2.29. The number of nitrogen functional groups attached to an aromatic ring is 1. The van der Waals surface area contributed by atoms with E-state index in [2.05, 4.69) is 32.7 Å². The fourth-order valence-corrected chi connectivity index (χ4v) is 2.47. The molecule has 0 saturated heterocycles. The molecule has 0 aliphatic rings. The minimum atomic E-state index is -0.0859. The summed E-state index contributed by atoms with van der Waals surface area (Å²) in [4.78, 5) is 18.6. The molecule has 1 amide bonds. The van der Waals surface area contributed by atoms with Crippen LogP contribution in [0.15, 0.2) is 12.3 Å². The van der Waals surface area contributed by atoms with Gasteiger partial charge >= 0.3 is 0 Å². The highest BCUT2D eigenvalue weighted by Crippen LogP contribution is 2.21. The summed E-state index contributed by atoms with van der Waals surface area (Å²) in [6.07, 6.45) is 3.30. The lowest BCUT2D eigenvalue weighted by Gasteiger charge is -2.32. The van der Waals surface area contributed by atoms with Gasteiger partial charge in [-0.05, 0) is 24.8 Å². The highest BCUT2D eigenvalue weighted by atomic mass is 35.5. The zero-order chi connectivity index (χ0) is 15.3. The topological polar surface area (TPSA) is 59.2 Å². The molecule has 0 aromatic carbocycles. The third-order valence-electron chi connectivity index (χ3n) is 3.30. The van der Waals surface area contributed by atoms with Crippen LogP contribution in [0.2, 0.25) is 5.15 Å². The Morgan fingerprint density at radius 1 is 1.40 bits per heavy atom. The van der Waals surface area contributed by atoms with Crippen molar-refractivity contribution in [2.45, 2.75) is 46.6 Å². The summed E-state index contributed by atoms with van der Waals surface area (Å²) >= 11 is 6.05. The number of nitrogens with two attached hydrogens (primary N) is 1. The summed E-state index contributed by atoms with van der Waals surface area (Å²) in [5, 5.41) is 0.212. The Bertz CT molecular complexity index is 458. The molecule has 0 fully saturated rings. The number of pyridine rings is 1. The molecular weight excluding hydrogens is 274 g/mol. The number of hydrogen-bond acceptors (Lipinski definition) is 3. The quantitative estimate of drug-likeness (QED) is 0.816. The highest BCUT2D eigenvalue weighted by molar-refractivity contribution is 6.32. The Kier molecular flexibility index (Phi) is 6.27. The number of rotatable bonds is 6. The van der Waals surface area contributed by atoms with Crippen LogP contribution in [0.25, 0.3) is 0 Å². The van der Waals surface area contributed by atoms with Crippen LogP contribution in [0.3, 0.4) is 0 Å². The third kappa shape index (κ3) is 4.10. The predicted molar refractivity (Wildman–Crippen MR) is 83.9 cm³/mol. The first kappa shape index (κ1) is 16.8. The van der Waals surface area contributed by atoms with Gasteiger partial charge in [0.2, 0.25) is 0 Å². The molecule has 0 unspecified atom stereocenters. The molecule has 1 aromatic rings. The van der Waals surface area contributed by atoms with Gasteiger partial charge in [0.1, 0.15) is 5.15 Å². The molecule has 4 nitrogen and oxygen atoms in total. The average Bonchev–Trinajstić information content (AvgIpc) is 2.40. The second-order valence-electron chi connectivity index (χ2n) is 5.43. The van der Waals surface area contributed by atoms with Crippen molar-refractivity contribution < 1.29 is 4.79 Å². The maximum absolute atomic E-state index is 12.8. The van der Waals surface area contributed by atoms with Crippen LogP contribution in [-0.4, -0.2) is 28.4 Å². The van der Waals surface area contributed by atoms with E-state index in [1.165, 1.54) is 6.20 Å². The van der Waals surface area contributed by atoms with Crippen LogP contribution < -0.4 is 5.73 Å². The van der Waals surface area contributed by atoms with Gasteiger partial charge in [-0.15, -0.1) is 0 Å². The Morgan fingerprint density at radius 2 is 2.00 bits per heavy atom. The lowest BCUT2D eigenvalue weighted by atomic mass is 10.1. The minimum absolute atomic E-state index is 0.0859. The molecular formula is C15H24ClN3O. The lowest BCUT2D eigenvalue weighted by molar-refractivity contribution is 0.0640. The van der Waals surface area contributed by atoms with Crippen LogP contribution in [-0.2, 0) is 0 Å². The summed E-state index contributed by atoms with van der Waals surface area (Å²) < 4.78 is 0. The minimum Gasteiger partial charge on any atom is -0.397 e. The predicted octanol–water partition coefficient (Wildman–Crippen LogP) is 3.60. The van der Waals surface area contributed by atoms with Crippen LogP contribution in [0.5, 0.6) is 0 Å². The fraction of sp³-hybridized carbons (Fsp3) is 0.600. The number of halogens is 1. The molecule has 2 N–H and O–H groups in total. The van der Waals surface area contributed by atoms with Gasteiger partial charge in [0, 0.05) is 12.6 Å². The SMILES string of the molecule is CCC(CC)N(CC(C)C)C(=O)c1cc(N)cnc1Cl. The lowest BCUT2D eigenvalue weighted by Crippen LogP contribution is -2.42. The Hall–Kier alpha value is -1.29. The molecule has 20 heavy (non-hydrogen) atoms. The maximum atomic E-state index is 12.8. The van der Waals surface area contributed by atoms with E-state index >= 15 is 0 Å². The van der Waals surface area contributed by atoms with E-state index < -0.39 is 0 Å². The van der Waals surface area contributed by atoms with Gasteiger partial charge in [0.25, 0.3) is 5.91 Å². The largest absolute Gasteiger partial charge is 0.397 e. The average molecular weight is 298 g/mol. The molecule has 1 aromatic heterocycles. The molecule has 0 saturated carbocycles. The zero-order valence-corrected chi connectivity index (χ0v) is 13.4. The third-order valence-corrected chi connectivity index (χ3v) is 3.60. The van der Waals surface area contributed by atoms with Gasteiger partial charge in [-0.25, -0.2) is 4.98 Å². The van der Waals surface area contributed by atoms with Gasteiger partial charge in [0.15, 0.2) is 0 Å². The van der Waals surface area contributed by atoms with Crippen LogP contribution in [0.4, 0.5) is 5.69 Å². The van der Waals surface area contributed by atoms with E-state index in [4.69, 9.17) is 17.3 Å². The summed E-state index contributed by atoms with van der Waals surface area (Å²) in [6.45, 7) is 9.09. The molecule has 5 heteroatoms. The van der Waals surface area contributed by atoms with Crippen molar-refractivity contribution in [3.8, 4) is 0 Å². The normalized spacial score (nSPS) is 11.2. The van der Waals surface area contributed by atoms with Crippen LogP contribution in [0, 0.1) is 5.92 Å². The van der Waals surface area contributed by atoms with Crippen molar-refractivity contribution in [2.75, 3.05) is 12.3 Å². The molecule has 1 rings (SSSR count). The molecule has 0 atom stereocenters. The van der Waals surface area contributed by atoms with Gasteiger partial charge in [-0.3, -0.25) is 4.79 Å². The zero-order valence-electron chi connectivity index (χ0n) is 12.7. The monoisotopic (exact) mass is 297 g/mol. The molecule has 0 spiro atoms. The number of amides is 1. The Morgan fingerprint density at radius 3 is 2.50 bits per heavy atom. The number of nitrogens with zero attached hydrogens (tertiary/aromatic N) is 2. The first-order chi connectivity index (χ1) is 9.40. The van der Waals surface area contributed by atoms with Crippen molar-refractivity contribution >= 4 is 23.2 Å². The van der Waals surface area contributed by atoms with Crippen molar-refractivity contribution in [3.63, 3.8) is 0 Å². The molecule has 1 heterocycles. The number of carbonyl (C=O) groups is 1. The van der Waals surface area contributed by atoms with E-state index in [1.54, 1.807) is 6.07 Å². The maximum Gasteiger partial charge on any atom is 0.257 e. The van der Waals surface area contributed by atoms with E-state index in [0.717, 1.165) is 12.8 Å². The van der Waals surface area contributed by atoms with Crippen molar-refractivity contribution in [1.82, 2.24) is 9.88 Å².